The van der Waals surface area contributed by atoms with Crippen LogP contribution in [0.25, 0.3) is 5.82 Å². The van der Waals surface area contributed by atoms with Crippen LogP contribution in [0.2, 0.25) is 5.02 Å². The number of nitrogens with zero attached hydrogens (tertiary/aromatic N) is 3. The van der Waals surface area contributed by atoms with Gasteiger partial charge in [0.2, 0.25) is 0 Å². The quantitative estimate of drug-likeness (QED) is 0.774. The molecule has 0 saturated heterocycles. The molecule has 6 heteroatoms. The van der Waals surface area contributed by atoms with Gasteiger partial charge in [-0.1, -0.05) is 42.8 Å². The van der Waals surface area contributed by atoms with E-state index in [2.05, 4.69) is 15.4 Å². The Balaban J connectivity index is 1.81. The minimum atomic E-state index is -0.172. The molecule has 0 aliphatic heterocycles. The summed E-state index contributed by atoms with van der Waals surface area (Å²) in [6.07, 6.45) is 3.95. The normalized spacial score (nSPS) is 10.6. The average molecular weight is 341 g/mol. The first-order valence-electron chi connectivity index (χ1n) is 7.70. The van der Waals surface area contributed by atoms with Gasteiger partial charge in [-0.05, 0) is 30.2 Å². The Hall–Kier alpha value is -2.66. The second-order valence-electron chi connectivity index (χ2n) is 5.23. The number of pyridine rings is 1. The highest BCUT2D eigenvalue weighted by atomic mass is 35.5. The third kappa shape index (κ3) is 3.31. The van der Waals surface area contributed by atoms with Crippen LogP contribution in [0.4, 0.5) is 0 Å². The third-order valence-electron chi connectivity index (χ3n) is 3.71. The van der Waals surface area contributed by atoms with Crippen LogP contribution in [0.3, 0.4) is 0 Å². The van der Waals surface area contributed by atoms with Crippen molar-refractivity contribution in [1.82, 2.24) is 20.1 Å². The zero-order chi connectivity index (χ0) is 16.9. The van der Waals surface area contributed by atoms with Gasteiger partial charge in [-0.2, -0.15) is 5.10 Å². The lowest BCUT2D eigenvalue weighted by atomic mass is 10.1. The fourth-order valence-electron chi connectivity index (χ4n) is 2.49. The minimum absolute atomic E-state index is 0.172. The van der Waals surface area contributed by atoms with Crippen LogP contribution in [-0.4, -0.2) is 20.7 Å². The van der Waals surface area contributed by atoms with E-state index in [-0.39, 0.29) is 5.91 Å². The lowest BCUT2D eigenvalue weighted by Gasteiger charge is -2.08. The predicted octanol–water partition coefficient (Wildman–Crippen LogP) is 3.41. The van der Waals surface area contributed by atoms with Crippen LogP contribution < -0.4 is 5.32 Å². The van der Waals surface area contributed by atoms with E-state index in [9.17, 15) is 4.79 Å². The number of amides is 1. The SMILES string of the molecule is CCc1c(C(=O)NCc2ccccc2Cl)cnn1-c1ccccn1. The Bertz CT molecular complexity index is 845. The highest BCUT2D eigenvalue weighted by Crippen LogP contribution is 2.16. The van der Waals surface area contributed by atoms with Gasteiger partial charge in [0.25, 0.3) is 5.91 Å². The molecule has 0 aliphatic carbocycles. The molecule has 1 N–H and O–H groups in total. The Morgan fingerprint density at radius 2 is 2.00 bits per heavy atom. The topological polar surface area (TPSA) is 59.8 Å². The molecule has 1 amide bonds. The number of rotatable bonds is 5. The second kappa shape index (κ2) is 7.27. The molecule has 0 saturated carbocycles. The summed E-state index contributed by atoms with van der Waals surface area (Å²) in [6.45, 7) is 2.36. The van der Waals surface area contributed by atoms with Gasteiger partial charge in [0.15, 0.2) is 5.82 Å². The van der Waals surface area contributed by atoms with Gasteiger partial charge < -0.3 is 5.32 Å². The summed E-state index contributed by atoms with van der Waals surface area (Å²) in [6, 6.07) is 13.0. The van der Waals surface area contributed by atoms with E-state index in [0.29, 0.717) is 29.4 Å². The third-order valence-corrected chi connectivity index (χ3v) is 4.08. The largest absolute Gasteiger partial charge is 0.348 e. The summed E-state index contributed by atoms with van der Waals surface area (Å²) in [5.41, 5.74) is 2.25. The maximum Gasteiger partial charge on any atom is 0.255 e. The summed E-state index contributed by atoms with van der Waals surface area (Å²) >= 11 is 6.12. The summed E-state index contributed by atoms with van der Waals surface area (Å²) in [5, 5.41) is 7.85. The second-order valence-corrected chi connectivity index (χ2v) is 5.64. The number of hydrogen-bond donors (Lipinski definition) is 1. The molecule has 3 rings (SSSR count). The number of benzene rings is 1. The fourth-order valence-corrected chi connectivity index (χ4v) is 2.70. The molecule has 0 radical (unpaired) electrons. The first-order chi connectivity index (χ1) is 11.7. The van der Waals surface area contributed by atoms with Crippen LogP contribution in [0.15, 0.2) is 54.9 Å². The summed E-state index contributed by atoms with van der Waals surface area (Å²) in [4.78, 5) is 16.8. The predicted molar refractivity (Wildman–Crippen MR) is 93.4 cm³/mol. The fraction of sp³-hybridized carbons (Fsp3) is 0.167. The average Bonchev–Trinajstić information content (AvgIpc) is 3.05. The maximum atomic E-state index is 12.5. The monoisotopic (exact) mass is 340 g/mol. The van der Waals surface area contributed by atoms with E-state index in [0.717, 1.165) is 11.3 Å². The number of hydrogen-bond acceptors (Lipinski definition) is 3. The molecule has 2 aromatic heterocycles. The highest BCUT2D eigenvalue weighted by molar-refractivity contribution is 6.31. The van der Waals surface area contributed by atoms with Crippen molar-refractivity contribution < 1.29 is 4.79 Å². The standard InChI is InChI=1S/C18H17ClN4O/c1-2-16-14(12-22-23(16)17-9-5-6-10-20-17)18(24)21-11-13-7-3-4-8-15(13)19/h3-10,12H,2,11H2,1H3,(H,21,24). The van der Waals surface area contributed by atoms with Crippen molar-refractivity contribution >= 4 is 17.5 Å². The van der Waals surface area contributed by atoms with E-state index < -0.39 is 0 Å². The molecule has 0 unspecified atom stereocenters. The zero-order valence-electron chi connectivity index (χ0n) is 13.2. The van der Waals surface area contributed by atoms with Gasteiger partial charge in [0.1, 0.15) is 0 Å². The van der Waals surface area contributed by atoms with Gasteiger partial charge in [-0.15, -0.1) is 0 Å². The maximum absolute atomic E-state index is 12.5. The van der Waals surface area contributed by atoms with Crippen LogP contribution in [0.1, 0.15) is 28.5 Å². The molecule has 2 heterocycles. The minimum Gasteiger partial charge on any atom is -0.348 e. The molecule has 3 aromatic rings. The Morgan fingerprint density at radius 3 is 2.71 bits per heavy atom. The van der Waals surface area contributed by atoms with Gasteiger partial charge in [-0.25, -0.2) is 9.67 Å². The van der Waals surface area contributed by atoms with Crippen molar-refractivity contribution in [3.63, 3.8) is 0 Å². The molecule has 0 spiro atoms. The Morgan fingerprint density at radius 1 is 1.21 bits per heavy atom. The van der Waals surface area contributed by atoms with E-state index in [1.807, 2.05) is 43.3 Å². The number of carbonyl (C=O) groups is 1. The smallest absolute Gasteiger partial charge is 0.255 e. The molecular formula is C18H17ClN4O. The van der Waals surface area contributed by atoms with Crippen molar-refractivity contribution in [1.29, 1.82) is 0 Å². The Kier molecular flexibility index (Phi) is 4.91. The summed E-state index contributed by atoms with van der Waals surface area (Å²) in [7, 11) is 0. The zero-order valence-corrected chi connectivity index (χ0v) is 14.0. The molecule has 24 heavy (non-hydrogen) atoms. The number of halogens is 1. The van der Waals surface area contributed by atoms with Crippen molar-refractivity contribution in [3.05, 3.63) is 76.7 Å². The van der Waals surface area contributed by atoms with Crippen molar-refractivity contribution in [2.24, 2.45) is 0 Å². The molecule has 1 aromatic carbocycles. The molecular weight excluding hydrogens is 324 g/mol. The molecule has 0 bridgehead atoms. The lowest BCUT2D eigenvalue weighted by molar-refractivity contribution is 0.0950. The summed E-state index contributed by atoms with van der Waals surface area (Å²) < 4.78 is 1.70. The van der Waals surface area contributed by atoms with E-state index in [1.54, 1.807) is 23.1 Å². The van der Waals surface area contributed by atoms with E-state index >= 15 is 0 Å². The number of aromatic nitrogens is 3. The van der Waals surface area contributed by atoms with Crippen LogP contribution in [0, 0.1) is 0 Å². The van der Waals surface area contributed by atoms with Gasteiger partial charge in [0, 0.05) is 17.8 Å². The molecule has 122 valence electrons. The Labute approximate surface area is 145 Å². The van der Waals surface area contributed by atoms with Crippen molar-refractivity contribution in [3.8, 4) is 5.82 Å². The van der Waals surface area contributed by atoms with Gasteiger partial charge in [-0.3, -0.25) is 4.79 Å². The molecule has 0 atom stereocenters. The molecule has 5 nitrogen and oxygen atoms in total. The number of nitrogens with one attached hydrogen (secondary N) is 1. The van der Waals surface area contributed by atoms with Crippen LogP contribution in [-0.2, 0) is 13.0 Å². The molecule has 0 fully saturated rings. The highest BCUT2D eigenvalue weighted by Gasteiger charge is 2.17. The van der Waals surface area contributed by atoms with E-state index in [1.165, 1.54) is 0 Å². The molecule has 0 aliphatic rings. The lowest BCUT2D eigenvalue weighted by Crippen LogP contribution is -2.24. The number of carbonyl (C=O) groups excluding carboxylic acids is 1. The first kappa shape index (κ1) is 16.2. The van der Waals surface area contributed by atoms with E-state index in [4.69, 9.17) is 11.6 Å². The van der Waals surface area contributed by atoms with Crippen LogP contribution in [0.5, 0.6) is 0 Å². The van der Waals surface area contributed by atoms with Crippen molar-refractivity contribution in [2.45, 2.75) is 19.9 Å². The van der Waals surface area contributed by atoms with Gasteiger partial charge >= 0.3 is 0 Å². The van der Waals surface area contributed by atoms with Crippen molar-refractivity contribution in [2.75, 3.05) is 0 Å². The first-order valence-corrected chi connectivity index (χ1v) is 8.08. The van der Waals surface area contributed by atoms with Crippen LogP contribution >= 0.6 is 11.6 Å². The summed E-state index contributed by atoms with van der Waals surface area (Å²) in [5.74, 6) is 0.522. The van der Waals surface area contributed by atoms with Gasteiger partial charge in [0.05, 0.1) is 17.5 Å².